The first-order valence-corrected chi connectivity index (χ1v) is 4.81. The van der Waals surface area contributed by atoms with Crippen LogP contribution < -0.4 is 0 Å². The van der Waals surface area contributed by atoms with Crippen LogP contribution >= 0.6 is 0 Å². The summed E-state index contributed by atoms with van der Waals surface area (Å²) in [4.78, 5) is 38.6. The van der Waals surface area contributed by atoms with Crippen molar-refractivity contribution in [2.24, 2.45) is 0 Å². The van der Waals surface area contributed by atoms with E-state index in [2.05, 4.69) is 0 Å². The van der Waals surface area contributed by atoms with Crippen LogP contribution in [-0.4, -0.2) is 22.8 Å². The van der Waals surface area contributed by atoms with Gasteiger partial charge in [-0.05, 0) is 12.1 Å². The van der Waals surface area contributed by atoms with E-state index in [4.69, 9.17) is 4.84 Å². The highest BCUT2D eigenvalue weighted by molar-refractivity contribution is 6.02. The van der Waals surface area contributed by atoms with Gasteiger partial charge in [0, 0.05) is 12.8 Å². The molecule has 1 heterocycles. The number of imide groups is 1. The molecule has 0 aromatic heterocycles. The first-order chi connectivity index (χ1) is 7.68. The fourth-order valence-corrected chi connectivity index (χ4v) is 1.37. The quantitative estimate of drug-likeness (QED) is 0.693. The first kappa shape index (κ1) is 10.4. The molecule has 2 rings (SSSR count). The summed E-state index contributed by atoms with van der Waals surface area (Å²) in [7, 11) is 0. The standard InChI is InChI=1S/C11H9NO4/c13-9-6-7-10(14)12(9)16-11(15)8-4-2-1-3-5-8/h1-5H,6-7H2. The highest BCUT2D eigenvalue weighted by Crippen LogP contribution is 2.13. The van der Waals surface area contributed by atoms with Crippen LogP contribution in [0, 0.1) is 0 Å². The lowest BCUT2D eigenvalue weighted by molar-refractivity contribution is -0.172. The van der Waals surface area contributed by atoms with E-state index in [1.54, 1.807) is 30.3 Å². The number of hydroxylamine groups is 2. The molecule has 1 aromatic carbocycles. The molecule has 0 N–H and O–H groups in total. The Labute approximate surface area is 91.6 Å². The lowest BCUT2D eigenvalue weighted by Crippen LogP contribution is -2.32. The number of carbonyl (C=O) groups excluding carboxylic acids is 3. The predicted octanol–water partition coefficient (Wildman–Crippen LogP) is 0.907. The second-order valence-corrected chi connectivity index (χ2v) is 3.33. The molecule has 1 aliphatic heterocycles. The van der Waals surface area contributed by atoms with E-state index < -0.39 is 17.8 Å². The van der Waals surface area contributed by atoms with Crippen LogP contribution in [0.5, 0.6) is 0 Å². The lowest BCUT2D eigenvalue weighted by atomic mass is 10.2. The van der Waals surface area contributed by atoms with Crippen molar-refractivity contribution >= 4 is 17.8 Å². The Morgan fingerprint density at radius 2 is 1.62 bits per heavy atom. The van der Waals surface area contributed by atoms with E-state index >= 15 is 0 Å². The molecule has 1 aliphatic rings. The topological polar surface area (TPSA) is 63.7 Å². The second kappa shape index (κ2) is 4.14. The fraction of sp³-hybridized carbons (Fsp3) is 0.182. The normalized spacial score (nSPS) is 15.4. The molecule has 5 nitrogen and oxygen atoms in total. The van der Waals surface area contributed by atoms with Gasteiger partial charge in [0.25, 0.3) is 11.8 Å². The Bertz CT molecular complexity index is 425. The van der Waals surface area contributed by atoms with Gasteiger partial charge in [-0.3, -0.25) is 9.59 Å². The Kier molecular flexibility index (Phi) is 2.68. The van der Waals surface area contributed by atoms with Crippen molar-refractivity contribution in [3.63, 3.8) is 0 Å². The number of amides is 2. The smallest absolute Gasteiger partial charge is 0.325 e. The summed E-state index contributed by atoms with van der Waals surface area (Å²) in [6.07, 6.45) is 0.196. The minimum atomic E-state index is -0.704. The van der Waals surface area contributed by atoms with Crippen LogP contribution in [0.4, 0.5) is 0 Å². The number of hydrogen-bond donors (Lipinski definition) is 0. The molecule has 0 aliphatic carbocycles. The third-order valence-electron chi connectivity index (χ3n) is 2.19. The first-order valence-electron chi connectivity index (χ1n) is 4.81. The summed E-state index contributed by atoms with van der Waals surface area (Å²) in [5, 5.41) is 0.537. The number of hydrogen-bond acceptors (Lipinski definition) is 4. The molecule has 0 spiro atoms. The van der Waals surface area contributed by atoms with Crippen LogP contribution in [0.25, 0.3) is 0 Å². The van der Waals surface area contributed by atoms with Gasteiger partial charge in [-0.2, -0.15) is 0 Å². The van der Waals surface area contributed by atoms with Crippen LogP contribution in [0.1, 0.15) is 23.2 Å². The van der Waals surface area contributed by atoms with Gasteiger partial charge in [0.1, 0.15) is 0 Å². The number of nitrogens with zero attached hydrogens (tertiary/aromatic N) is 1. The summed E-state index contributed by atoms with van der Waals surface area (Å²) in [5.41, 5.74) is 0.301. The van der Waals surface area contributed by atoms with Gasteiger partial charge in [0.15, 0.2) is 0 Å². The summed E-state index contributed by atoms with van der Waals surface area (Å²) in [6, 6.07) is 8.19. The Morgan fingerprint density at radius 1 is 1.06 bits per heavy atom. The maximum atomic E-state index is 11.5. The molecule has 2 amide bonds. The van der Waals surface area contributed by atoms with E-state index in [0.717, 1.165) is 0 Å². The van der Waals surface area contributed by atoms with Gasteiger partial charge in [0.2, 0.25) is 0 Å². The van der Waals surface area contributed by atoms with Crippen LogP contribution in [-0.2, 0) is 14.4 Å². The fourth-order valence-electron chi connectivity index (χ4n) is 1.37. The SMILES string of the molecule is O=C(ON1C(=O)CCC1=O)c1ccccc1. The molecule has 0 saturated carbocycles. The minimum absolute atomic E-state index is 0.0981. The largest absolute Gasteiger partial charge is 0.363 e. The third-order valence-corrected chi connectivity index (χ3v) is 2.19. The van der Waals surface area contributed by atoms with Crippen LogP contribution in [0.3, 0.4) is 0 Å². The Hall–Kier alpha value is -2.17. The monoisotopic (exact) mass is 219 g/mol. The third kappa shape index (κ3) is 1.93. The molecular weight excluding hydrogens is 210 g/mol. The number of carbonyl (C=O) groups is 3. The molecule has 0 atom stereocenters. The van der Waals surface area contributed by atoms with Crippen LogP contribution in [0.2, 0.25) is 0 Å². The molecule has 1 fully saturated rings. The summed E-state index contributed by atoms with van der Waals surface area (Å²) >= 11 is 0. The van der Waals surface area contributed by atoms with Gasteiger partial charge in [-0.1, -0.05) is 18.2 Å². The van der Waals surface area contributed by atoms with Crippen LogP contribution in [0.15, 0.2) is 30.3 Å². The van der Waals surface area contributed by atoms with Crippen molar-refractivity contribution in [2.75, 3.05) is 0 Å². The maximum Gasteiger partial charge on any atom is 0.363 e. The average Bonchev–Trinajstić information content (AvgIpc) is 2.62. The molecule has 1 saturated heterocycles. The van der Waals surface area contributed by atoms with Gasteiger partial charge in [0.05, 0.1) is 5.56 Å². The summed E-state index contributed by atoms with van der Waals surface area (Å²) < 4.78 is 0. The number of rotatable bonds is 2. The molecule has 82 valence electrons. The summed E-state index contributed by atoms with van der Waals surface area (Å²) in [5.74, 6) is -1.66. The van der Waals surface area contributed by atoms with E-state index in [9.17, 15) is 14.4 Å². The second-order valence-electron chi connectivity index (χ2n) is 3.33. The van der Waals surface area contributed by atoms with Crippen molar-refractivity contribution in [1.29, 1.82) is 0 Å². The zero-order chi connectivity index (χ0) is 11.5. The molecular formula is C11H9NO4. The average molecular weight is 219 g/mol. The van der Waals surface area contributed by atoms with Crippen molar-refractivity contribution in [2.45, 2.75) is 12.8 Å². The zero-order valence-corrected chi connectivity index (χ0v) is 8.38. The molecule has 1 aromatic rings. The van der Waals surface area contributed by atoms with Crippen molar-refractivity contribution in [3.8, 4) is 0 Å². The summed E-state index contributed by atoms with van der Waals surface area (Å²) in [6.45, 7) is 0. The molecule has 5 heteroatoms. The Balaban J connectivity index is 2.08. The van der Waals surface area contributed by atoms with Gasteiger partial charge >= 0.3 is 5.97 Å². The van der Waals surface area contributed by atoms with Crippen molar-refractivity contribution < 1.29 is 19.2 Å². The van der Waals surface area contributed by atoms with Gasteiger partial charge in [-0.15, -0.1) is 5.06 Å². The Morgan fingerprint density at radius 3 is 2.19 bits per heavy atom. The van der Waals surface area contributed by atoms with Gasteiger partial charge < -0.3 is 4.84 Å². The highest BCUT2D eigenvalue weighted by Gasteiger charge is 2.32. The minimum Gasteiger partial charge on any atom is -0.325 e. The highest BCUT2D eigenvalue weighted by atomic mass is 16.7. The van der Waals surface area contributed by atoms with Gasteiger partial charge in [-0.25, -0.2) is 4.79 Å². The van der Waals surface area contributed by atoms with E-state index in [0.29, 0.717) is 10.6 Å². The predicted molar refractivity (Wildman–Crippen MR) is 52.9 cm³/mol. The van der Waals surface area contributed by atoms with E-state index in [-0.39, 0.29) is 12.8 Å². The lowest BCUT2D eigenvalue weighted by Gasteiger charge is -2.12. The molecule has 0 bridgehead atoms. The van der Waals surface area contributed by atoms with Crippen molar-refractivity contribution in [3.05, 3.63) is 35.9 Å². The maximum absolute atomic E-state index is 11.5. The molecule has 16 heavy (non-hydrogen) atoms. The number of benzene rings is 1. The molecule has 0 unspecified atom stereocenters. The van der Waals surface area contributed by atoms with E-state index in [1.165, 1.54) is 0 Å². The van der Waals surface area contributed by atoms with E-state index in [1.807, 2.05) is 0 Å². The van der Waals surface area contributed by atoms with Crippen molar-refractivity contribution in [1.82, 2.24) is 5.06 Å². The molecule has 0 radical (unpaired) electrons. The zero-order valence-electron chi connectivity index (χ0n) is 8.38.